The van der Waals surface area contributed by atoms with E-state index < -0.39 is 0 Å². The van der Waals surface area contributed by atoms with Crippen molar-refractivity contribution in [2.45, 2.75) is 26.7 Å². The Morgan fingerprint density at radius 1 is 1.03 bits per heavy atom. The summed E-state index contributed by atoms with van der Waals surface area (Å²) < 4.78 is 0. The molecule has 1 aromatic carbocycles. The number of primary amides is 1. The largest absolute Gasteiger partial charge is 0.366 e. The third kappa shape index (κ3) is 4.24. The molecule has 4 rings (SSSR count). The number of nitrogens with two attached hydrogens (primary N) is 1. The minimum absolute atomic E-state index is 0.137. The van der Waals surface area contributed by atoms with Crippen LogP contribution in [-0.2, 0) is 6.42 Å². The molecule has 2 aliphatic rings. The molecule has 0 spiro atoms. The van der Waals surface area contributed by atoms with Gasteiger partial charge in [0.1, 0.15) is 0 Å². The Morgan fingerprint density at radius 2 is 1.70 bits per heavy atom. The van der Waals surface area contributed by atoms with Gasteiger partial charge in [0.25, 0.3) is 5.91 Å². The van der Waals surface area contributed by atoms with Gasteiger partial charge in [-0.05, 0) is 74.4 Å². The third-order valence-corrected chi connectivity index (χ3v) is 6.59. The fourth-order valence-electron chi connectivity index (χ4n) is 4.96. The highest BCUT2D eigenvalue weighted by Gasteiger charge is 2.41. The first-order valence-corrected chi connectivity index (χ1v) is 10.7. The van der Waals surface area contributed by atoms with Crippen molar-refractivity contribution in [3.63, 3.8) is 0 Å². The zero-order valence-corrected chi connectivity index (χ0v) is 17.8. The van der Waals surface area contributed by atoms with E-state index in [1.165, 1.54) is 5.56 Å². The van der Waals surface area contributed by atoms with Crippen molar-refractivity contribution in [1.29, 1.82) is 0 Å². The van der Waals surface area contributed by atoms with Crippen LogP contribution in [0.15, 0.2) is 36.5 Å². The van der Waals surface area contributed by atoms with Crippen LogP contribution >= 0.6 is 0 Å². The first-order valence-electron chi connectivity index (χ1n) is 10.7. The molecule has 2 aromatic rings. The fraction of sp³-hybridized carbons (Fsp3) is 0.458. The van der Waals surface area contributed by atoms with E-state index in [2.05, 4.69) is 9.88 Å². The SMILES string of the molecule is Cc1ccnc(C)c1C(=O)N1CC2CN(CCCc3ccc(C(N)=O)cc3)CC2C1. The second kappa shape index (κ2) is 8.56. The number of likely N-dealkylation sites (tertiary alicyclic amines) is 2. The summed E-state index contributed by atoms with van der Waals surface area (Å²) in [4.78, 5) is 33.1. The van der Waals surface area contributed by atoms with E-state index >= 15 is 0 Å². The molecule has 6 nitrogen and oxygen atoms in total. The van der Waals surface area contributed by atoms with Crippen LogP contribution < -0.4 is 5.73 Å². The molecule has 2 saturated heterocycles. The molecule has 158 valence electrons. The number of pyridine rings is 1. The molecule has 1 aromatic heterocycles. The topological polar surface area (TPSA) is 79.5 Å². The lowest BCUT2D eigenvalue weighted by atomic mass is 10.0. The molecule has 2 fully saturated rings. The van der Waals surface area contributed by atoms with E-state index in [9.17, 15) is 9.59 Å². The number of aryl methyl sites for hydroxylation is 3. The molecule has 0 bridgehead atoms. The summed E-state index contributed by atoms with van der Waals surface area (Å²) in [6.45, 7) is 8.81. The number of aromatic nitrogens is 1. The molecular formula is C24H30N4O2. The molecule has 0 aliphatic carbocycles. The lowest BCUT2D eigenvalue weighted by Gasteiger charge is -2.22. The van der Waals surface area contributed by atoms with Gasteiger partial charge in [0, 0.05) is 37.9 Å². The van der Waals surface area contributed by atoms with Crippen LogP contribution in [-0.4, -0.2) is 59.3 Å². The number of amides is 2. The second-order valence-corrected chi connectivity index (χ2v) is 8.74. The van der Waals surface area contributed by atoms with Crippen LogP contribution in [0.4, 0.5) is 0 Å². The quantitative estimate of drug-likeness (QED) is 0.799. The fourth-order valence-corrected chi connectivity index (χ4v) is 4.96. The molecule has 6 heteroatoms. The predicted octanol–water partition coefficient (Wildman–Crippen LogP) is 2.43. The number of hydrogen-bond acceptors (Lipinski definition) is 4. The van der Waals surface area contributed by atoms with Gasteiger partial charge in [0.2, 0.25) is 5.91 Å². The lowest BCUT2D eigenvalue weighted by molar-refractivity contribution is 0.0771. The van der Waals surface area contributed by atoms with Gasteiger partial charge in [-0.3, -0.25) is 14.6 Å². The van der Waals surface area contributed by atoms with Gasteiger partial charge >= 0.3 is 0 Å². The van der Waals surface area contributed by atoms with Gasteiger partial charge in [-0.15, -0.1) is 0 Å². The Kier molecular flexibility index (Phi) is 5.86. The number of benzene rings is 1. The summed E-state index contributed by atoms with van der Waals surface area (Å²) in [6.07, 6.45) is 3.85. The summed E-state index contributed by atoms with van der Waals surface area (Å²) in [5.74, 6) is 0.896. The van der Waals surface area contributed by atoms with Gasteiger partial charge in [0.05, 0.1) is 11.3 Å². The maximum atomic E-state index is 13.0. The Bertz CT molecular complexity index is 906. The Morgan fingerprint density at radius 3 is 2.30 bits per heavy atom. The van der Waals surface area contributed by atoms with Crippen molar-refractivity contribution in [3.05, 3.63) is 64.5 Å². The number of carbonyl (C=O) groups excluding carboxylic acids is 2. The van der Waals surface area contributed by atoms with Crippen molar-refractivity contribution in [3.8, 4) is 0 Å². The van der Waals surface area contributed by atoms with Crippen molar-refractivity contribution >= 4 is 11.8 Å². The minimum Gasteiger partial charge on any atom is -0.366 e. The molecule has 2 N–H and O–H groups in total. The van der Waals surface area contributed by atoms with Gasteiger partial charge in [-0.2, -0.15) is 0 Å². The smallest absolute Gasteiger partial charge is 0.255 e. The summed E-state index contributed by atoms with van der Waals surface area (Å²) in [5, 5.41) is 0. The van der Waals surface area contributed by atoms with E-state index in [-0.39, 0.29) is 11.8 Å². The zero-order chi connectivity index (χ0) is 21.3. The second-order valence-electron chi connectivity index (χ2n) is 8.74. The van der Waals surface area contributed by atoms with Crippen LogP contribution in [0.1, 0.15) is 44.0 Å². The van der Waals surface area contributed by atoms with Gasteiger partial charge in [0.15, 0.2) is 0 Å². The molecule has 3 heterocycles. The number of hydrogen-bond donors (Lipinski definition) is 1. The predicted molar refractivity (Wildman–Crippen MR) is 116 cm³/mol. The number of rotatable bonds is 6. The van der Waals surface area contributed by atoms with Crippen LogP contribution in [0.5, 0.6) is 0 Å². The van der Waals surface area contributed by atoms with Crippen LogP contribution in [0.3, 0.4) is 0 Å². The Hall–Kier alpha value is -2.73. The molecule has 2 amide bonds. The number of carbonyl (C=O) groups is 2. The first-order chi connectivity index (χ1) is 14.4. The summed E-state index contributed by atoms with van der Waals surface area (Å²) in [5.41, 5.74) is 9.69. The average molecular weight is 407 g/mol. The van der Waals surface area contributed by atoms with Gasteiger partial charge in [-0.1, -0.05) is 12.1 Å². The highest BCUT2D eigenvalue weighted by molar-refractivity contribution is 5.96. The monoisotopic (exact) mass is 406 g/mol. The normalized spacial score (nSPS) is 21.1. The van der Waals surface area contributed by atoms with Crippen molar-refractivity contribution in [1.82, 2.24) is 14.8 Å². The number of fused-ring (bicyclic) bond motifs is 1. The maximum absolute atomic E-state index is 13.0. The summed E-state index contributed by atoms with van der Waals surface area (Å²) in [7, 11) is 0. The van der Waals surface area contributed by atoms with E-state index in [1.54, 1.807) is 18.3 Å². The first kappa shape index (κ1) is 20.5. The summed E-state index contributed by atoms with van der Waals surface area (Å²) in [6, 6.07) is 9.50. The summed E-state index contributed by atoms with van der Waals surface area (Å²) >= 11 is 0. The molecule has 0 saturated carbocycles. The van der Waals surface area contributed by atoms with E-state index in [4.69, 9.17) is 5.73 Å². The van der Waals surface area contributed by atoms with Crippen molar-refractivity contribution < 1.29 is 9.59 Å². The third-order valence-electron chi connectivity index (χ3n) is 6.59. The Labute approximate surface area is 178 Å². The van der Waals surface area contributed by atoms with Gasteiger partial charge < -0.3 is 15.5 Å². The minimum atomic E-state index is -0.383. The molecule has 2 unspecified atom stereocenters. The van der Waals surface area contributed by atoms with Crippen molar-refractivity contribution in [2.75, 3.05) is 32.7 Å². The maximum Gasteiger partial charge on any atom is 0.255 e. The van der Waals surface area contributed by atoms with E-state index in [0.29, 0.717) is 17.4 Å². The molecule has 2 aliphatic heterocycles. The highest BCUT2D eigenvalue weighted by atomic mass is 16.2. The molecular weight excluding hydrogens is 376 g/mol. The van der Waals surface area contributed by atoms with Crippen LogP contribution in [0.2, 0.25) is 0 Å². The molecule has 0 radical (unpaired) electrons. The molecule has 30 heavy (non-hydrogen) atoms. The molecule has 2 atom stereocenters. The van der Waals surface area contributed by atoms with E-state index in [0.717, 1.165) is 62.4 Å². The highest BCUT2D eigenvalue weighted by Crippen LogP contribution is 2.32. The van der Waals surface area contributed by atoms with Crippen LogP contribution in [0, 0.1) is 25.7 Å². The standard InChI is InChI=1S/C24H30N4O2/c1-16-9-10-26-17(2)22(16)24(30)28-14-20-12-27(13-21(20)15-28)11-3-4-18-5-7-19(8-6-18)23(25)29/h5-10,20-21H,3-4,11-15H2,1-2H3,(H2,25,29). The van der Waals surface area contributed by atoms with E-state index in [1.807, 2.05) is 36.9 Å². The van der Waals surface area contributed by atoms with Crippen molar-refractivity contribution in [2.24, 2.45) is 17.6 Å². The zero-order valence-electron chi connectivity index (χ0n) is 17.8. The average Bonchev–Trinajstić information content (AvgIpc) is 3.27. The van der Waals surface area contributed by atoms with Gasteiger partial charge in [-0.25, -0.2) is 0 Å². The lowest BCUT2D eigenvalue weighted by Crippen LogP contribution is -2.34. The van der Waals surface area contributed by atoms with Crippen LogP contribution in [0.25, 0.3) is 0 Å². The number of nitrogens with zero attached hydrogens (tertiary/aromatic N) is 3. The Balaban J connectivity index is 1.25.